The van der Waals surface area contributed by atoms with Crippen molar-refractivity contribution in [3.8, 4) is 0 Å². The number of amides is 1. The van der Waals surface area contributed by atoms with E-state index in [4.69, 9.17) is 0 Å². The topological polar surface area (TPSA) is 88.5 Å². The molecule has 0 bridgehead atoms. The molecule has 0 aliphatic carbocycles. The van der Waals surface area contributed by atoms with Crippen molar-refractivity contribution in [2.45, 2.75) is 20.4 Å². The van der Waals surface area contributed by atoms with E-state index in [-0.39, 0.29) is 5.91 Å². The predicted octanol–water partition coefficient (Wildman–Crippen LogP) is 0.0480. The summed E-state index contributed by atoms with van der Waals surface area (Å²) in [4.78, 5) is 15.8. The van der Waals surface area contributed by atoms with Crippen LogP contribution in [0, 0.1) is 13.8 Å². The van der Waals surface area contributed by atoms with Crippen molar-refractivity contribution in [3.63, 3.8) is 0 Å². The predicted molar refractivity (Wildman–Crippen MR) is 60.4 cm³/mol. The molecular weight excluding hydrogens is 220 g/mol. The monoisotopic (exact) mass is 234 g/mol. The van der Waals surface area contributed by atoms with Crippen LogP contribution in [0.3, 0.4) is 0 Å². The molecule has 0 radical (unpaired) electrons. The van der Waals surface area contributed by atoms with Crippen LogP contribution in [-0.4, -0.2) is 37.4 Å². The maximum Gasteiger partial charge on any atom is 0.273 e. The molecular formula is C10H14N6O. The number of rotatable bonds is 4. The molecule has 0 aliphatic heterocycles. The molecule has 7 nitrogen and oxygen atoms in total. The molecule has 2 aromatic heterocycles. The Kier molecular flexibility index (Phi) is 3.17. The zero-order valence-electron chi connectivity index (χ0n) is 9.77. The number of aromatic nitrogens is 5. The van der Waals surface area contributed by atoms with Crippen LogP contribution in [0.15, 0.2) is 12.4 Å². The molecule has 2 rings (SSSR count). The normalized spacial score (nSPS) is 10.5. The number of carbonyl (C=O) groups is 1. The van der Waals surface area contributed by atoms with Crippen molar-refractivity contribution in [1.29, 1.82) is 0 Å². The van der Waals surface area contributed by atoms with Crippen LogP contribution in [0.5, 0.6) is 0 Å². The van der Waals surface area contributed by atoms with Crippen LogP contribution >= 0.6 is 0 Å². The SMILES string of the molecule is Cc1n[nH]nc1C(=O)NCCn1ccnc1C. The van der Waals surface area contributed by atoms with Crippen LogP contribution in [0.2, 0.25) is 0 Å². The fraction of sp³-hybridized carbons (Fsp3) is 0.400. The molecule has 0 atom stereocenters. The zero-order chi connectivity index (χ0) is 12.3. The molecule has 7 heteroatoms. The number of hydrogen-bond acceptors (Lipinski definition) is 4. The summed E-state index contributed by atoms with van der Waals surface area (Å²) < 4.78 is 1.97. The van der Waals surface area contributed by atoms with Gasteiger partial charge < -0.3 is 9.88 Å². The van der Waals surface area contributed by atoms with E-state index in [1.165, 1.54) is 0 Å². The Morgan fingerprint density at radius 3 is 2.88 bits per heavy atom. The van der Waals surface area contributed by atoms with E-state index >= 15 is 0 Å². The van der Waals surface area contributed by atoms with Crippen LogP contribution < -0.4 is 5.32 Å². The van der Waals surface area contributed by atoms with Crippen LogP contribution in [-0.2, 0) is 6.54 Å². The first-order chi connectivity index (χ1) is 8.18. The Morgan fingerprint density at radius 2 is 2.29 bits per heavy atom. The van der Waals surface area contributed by atoms with Gasteiger partial charge in [-0.25, -0.2) is 4.98 Å². The molecule has 90 valence electrons. The van der Waals surface area contributed by atoms with Gasteiger partial charge in [0, 0.05) is 25.5 Å². The summed E-state index contributed by atoms with van der Waals surface area (Å²) in [6.45, 7) is 4.87. The minimum Gasteiger partial charge on any atom is -0.349 e. The minimum absolute atomic E-state index is 0.214. The highest BCUT2D eigenvalue weighted by Gasteiger charge is 2.12. The summed E-state index contributed by atoms with van der Waals surface area (Å²) in [5.41, 5.74) is 0.939. The third-order valence-corrected chi connectivity index (χ3v) is 2.50. The number of aromatic amines is 1. The van der Waals surface area contributed by atoms with Gasteiger partial charge in [-0.05, 0) is 13.8 Å². The summed E-state index contributed by atoms with van der Waals surface area (Å²) >= 11 is 0. The standard InChI is InChI=1S/C10H14N6O/c1-7-9(14-15-13-7)10(17)12-4-6-16-5-3-11-8(16)2/h3,5H,4,6H2,1-2H3,(H,12,17)(H,13,14,15). The van der Waals surface area contributed by atoms with E-state index in [9.17, 15) is 4.79 Å². The average molecular weight is 234 g/mol. The van der Waals surface area contributed by atoms with Gasteiger partial charge in [-0.15, -0.1) is 0 Å². The lowest BCUT2D eigenvalue weighted by atomic mass is 10.3. The molecule has 2 N–H and O–H groups in total. The molecule has 0 saturated carbocycles. The van der Waals surface area contributed by atoms with Crippen molar-refractivity contribution in [3.05, 3.63) is 29.6 Å². The number of nitrogens with one attached hydrogen (secondary N) is 2. The van der Waals surface area contributed by atoms with Gasteiger partial charge in [-0.1, -0.05) is 0 Å². The van der Waals surface area contributed by atoms with Crippen molar-refractivity contribution >= 4 is 5.91 Å². The third-order valence-electron chi connectivity index (χ3n) is 2.50. The molecule has 2 heterocycles. The molecule has 0 unspecified atom stereocenters. The van der Waals surface area contributed by atoms with E-state index in [1.54, 1.807) is 13.1 Å². The van der Waals surface area contributed by atoms with E-state index in [0.717, 1.165) is 5.82 Å². The Balaban J connectivity index is 1.86. The van der Waals surface area contributed by atoms with Crippen molar-refractivity contribution in [2.24, 2.45) is 0 Å². The first-order valence-electron chi connectivity index (χ1n) is 5.32. The second kappa shape index (κ2) is 4.77. The maximum atomic E-state index is 11.7. The highest BCUT2D eigenvalue weighted by Crippen LogP contribution is 1.98. The van der Waals surface area contributed by atoms with Gasteiger partial charge in [0.1, 0.15) is 5.82 Å². The molecule has 2 aromatic rings. The average Bonchev–Trinajstić information content (AvgIpc) is 2.88. The summed E-state index contributed by atoms with van der Waals surface area (Å²) in [6, 6.07) is 0. The molecule has 0 aliphatic rings. The lowest BCUT2D eigenvalue weighted by Crippen LogP contribution is -2.28. The van der Waals surface area contributed by atoms with Gasteiger partial charge in [0.15, 0.2) is 5.69 Å². The lowest BCUT2D eigenvalue weighted by molar-refractivity contribution is 0.0946. The zero-order valence-corrected chi connectivity index (χ0v) is 9.77. The fourth-order valence-corrected chi connectivity index (χ4v) is 1.51. The lowest BCUT2D eigenvalue weighted by Gasteiger charge is -2.06. The first kappa shape index (κ1) is 11.3. The van der Waals surface area contributed by atoms with Gasteiger partial charge in [0.2, 0.25) is 0 Å². The van der Waals surface area contributed by atoms with Crippen molar-refractivity contribution < 1.29 is 4.79 Å². The summed E-state index contributed by atoms with van der Waals surface area (Å²) in [5, 5.41) is 12.8. The second-order valence-electron chi connectivity index (χ2n) is 3.68. The molecule has 17 heavy (non-hydrogen) atoms. The van der Waals surface area contributed by atoms with Crippen molar-refractivity contribution in [2.75, 3.05) is 6.54 Å². The van der Waals surface area contributed by atoms with Gasteiger partial charge in [-0.2, -0.15) is 15.4 Å². The number of H-pyrrole nitrogens is 1. The summed E-state index contributed by atoms with van der Waals surface area (Å²) in [5.74, 6) is 0.714. The second-order valence-corrected chi connectivity index (χ2v) is 3.68. The van der Waals surface area contributed by atoms with Gasteiger partial charge in [0.25, 0.3) is 5.91 Å². The number of hydrogen-bond donors (Lipinski definition) is 2. The molecule has 1 amide bonds. The molecule has 0 aromatic carbocycles. The number of aryl methyl sites for hydroxylation is 2. The highest BCUT2D eigenvalue weighted by molar-refractivity contribution is 5.92. The Morgan fingerprint density at radius 1 is 1.47 bits per heavy atom. The number of nitrogens with zero attached hydrogens (tertiary/aromatic N) is 4. The third kappa shape index (κ3) is 2.49. The molecule has 0 saturated heterocycles. The van der Waals surface area contributed by atoms with E-state index < -0.39 is 0 Å². The van der Waals surface area contributed by atoms with Gasteiger partial charge >= 0.3 is 0 Å². The Labute approximate surface area is 98.2 Å². The quantitative estimate of drug-likeness (QED) is 0.782. The van der Waals surface area contributed by atoms with Crippen molar-refractivity contribution in [1.82, 2.24) is 30.3 Å². The Bertz CT molecular complexity index is 514. The number of carbonyl (C=O) groups excluding carboxylic acids is 1. The van der Waals surface area contributed by atoms with Crippen LogP contribution in [0.1, 0.15) is 22.0 Å². The minimum atomic E-state index is -0.214. The van der Waals surface area contributed by atoms with Gasteiger partial charge in [-0.3, -0.25) is 4.79 Å². The fourth-order valence-electron chi connectivity index (χ4n) is 1.51. The summed E-state index contributed by atoms with van der Waals surface area (Å²) in [6.07, 6.45) is 3.61. The molecule has 0 fully saturated rings. The van der Waals surface area contributed by atoms with E-state index in [0.29, 0.717) is 24.5 Å². The van der Waals surface area contributed by atoms with Crippen LogP contribution in [0.25, 0.3) is 0 Å². The van der Waals surface area contributed by atoms with Gasteiger partial charge in [0.05, 0.1) is 5.69 Å². The van der Waals surface area contributed by atoms with Crippen LogP contribution in [0.4, 0.5) is 0 Å². The van der Waals surface area contributed by atoms with E-state index in [2.05, 4.69) is 25.7 Å². The largest absolute Gasteiger partial charge is 0.349 e. The first-order valence-corrected chi connectivity index (χ1v) is 5.32. The Hall–Kier alpha value is -2.18. The molecule has 0 spiro atoms. The number of imidazole rings is 1. The smallest absolute Gasteiger partial charge is 0.273 e. The highest BCUT2D eigenvalue weighted by atomic mass is 16.2. The summed E-state index contributed by atoms with van der Waals surface area (Å²) in [7, 11) is 0. The van der Waals surface area contributed by atoms with E-state index in [1.807, 2.05) is 17.7 Å². The maximum absolute atomic E-state index is 11.7.